The van der Waals surface area contributed by atoms with Gasteiger partial charge in [0.25, 0.3) is 5.91 Å². The Morgan fingerprint density at radius 3 is 2.21 bits per heavy atom. The maximum Gasteiger partial charge on any atom is 0.325 e. The molecule has 24 heavy (non-hydrogen) atoms. The van der Waals surface area contributed by atoms with E-state index in [1.807, 2.05) is 19.1 Å². The summed E-state index contributed by atoms with van der Waals surface area (Å²) in [5.74, 6) is -1.30. The maximum absolute atomic E-state index is 11.9. The van der Waals surface area contributed by atoms with Crippen molar-refractivity contribution in [3.8, 4) is 0 Å². The van der Waals surface area contributed by atoms with Crippen LogP contribution in [0.15, 0.2) is 54.6 Å². The number of carbonyl (C=O) groups excluding carboxylic acids is 3. The van der Waals surface area contributed by atoms with Gasteiger partial charge in [-0.3, -0.25) is 14.4 Å². The summed E-state index contributed by atoms with van der Waals surface area (Å²) in [6.07, 6.45) is 0.893. The van der Waals surface area contributed by atoms with Crippen molar-refractivity contribution in [2.45, 2.75) is 13.3 Å². The SMILES string of the molecule is CCc1ccc(C(=O)COC(=O)CNC(=O)c2ccccc2)cc1. The van der Waals surface area contributed by atoms with Crippen LogP contribution >= 0.6 is 0 Å². The third-order valence-electron chi connectivity index (χ3n) is 3.48. The Morgan fingerprint density at radius 2 is 1.58 bits per heavy atom. The van der Waals surface area contributed by atoms with E-state index in [2.05, 4.69) is 5.32 Å². The zero-order chi connectivity index (χ0) is 17.4. The Balaban J connectivity index is 1.76. The molecule has 5 heteroatoms. The zero-order valence-electron chi connectivity index (χ0n) is 13.5. The van der Waals surface area contributed by atoms with E-state index in [-0.39, 0.29) is 24.8 Å². The summed E-state index contributed by atoms with van der Waals surface area (Å²) in [6.45, 7) is 1.41. The van der Waals surface area contributed by atoms with Gasteiger partial charge >= 0.3 is 5.97 Å². The maximum atomic E-state index is 11.9. The molecule has 0 radical (unpaired) electrons. The highest BCUT2D eigenvalue weighted by Crippen LogP contribution is 2.06. The molecule has 2 aromatic rings. The van der Waals surface area contributed by atoms with Crippen LogP contribution in [0.4, 0.5) is 0 Å². The highest BCUT2D eigenvalue weighted by molar-refractivity contribution is 5.98. The normalized spacial score (nSPS) is 10.0. The molecule has 0 saturated carbocycles. The number of ketones is 1. The molecule has 0 saturated heterocycles. The largest absolute Gasteiger partial charge is 0.456 e. The fraction of sp³-hybridized carbons (Fsp3) is 0.211. The molecule has 124 valence electrons. The van der Waals surface area contributed by atoms with Crippen molar-refractivity contribution in [1.82, 2.24) is 5.32 Å². The van der Waals surface area contributed by atoms with E-state index in [1.165, 1.54) is 0 Å². The van der Waals surface area contributed by atoms with Gasteiger partial charge in [-0.05, 0) is 24.1 Å². The monoisotopic (exact) mass is 325 g/mol. The number of nitrogens with one attached hydrogen (secondary N) is 1. The molecule has 2 aromatic carbocycles. The summed E-state index contributed by atoms with van der Waals surface area (Å²) in [6, 6.07) is 15.7. The lowest BCUT2D eigenvalue weighted by molar-refractivity contribution is -0.141. The van der Waals surface area contributed by atoms with Crippen molar-refractivity contribution < 1.29 is 19.1 Å². The van der Waals surface area contributed by atoms with Gasteiger partial charge in [0, 0.05) is 11.1 Å². The Labute approximate surface area is 140 Å². The topological polar surface area (TPSA) is 72.5 Å². The van der Waals surface area contributed by atoms with Crippen LogP contribution in [0.2, 0.25) is 0 Å². The van der Waals surface area contributed by atoms with E-state index in [0.29, 0.717) is 11.1 Å². The van der Waals surface area contributed by atoms with Gasteiger partial charge in [-0.2, -0.15) is 0 Å². The third-order valence-corrected chi connectivity index (χ3v) is 3.48. The van der Waals surface area contributed by atoms with Crippen molar-refractivity contribution in [3.63, 3.8) is 0 Å². The molecule has 0 atom stereocenters. The minimum absolute atomic E-state index is 0.277. The van der Waals surface area contributed by atoms with Crippen molar-refractivity contribution >= 4 is 17.7 Å². The predicted molar refractivity (Wildman–Crippen MR) is 89.9 cm³/mol. The smallest absolute Gasteiger partial charge is 0.325 e. The van der Waals surface area contributed by atoms with Crippen LogP contribution in [0.25, 0.3) is 0 Å². The van der Waals surface area contributed by atoms with Crippen molar-refractivity contribution in [3.05, 3.63) is 71.3 Å². The first-order valence-corrected chi connectivity index (χ1v) is 7.71. The summed E-state index contributed by atoms with van der Waals surface area (Å²) in [7, 11) is 0. The van der Waals surface area contributed by atoms with E-state index in [1.54, 1.807) is 42.5 Å². The number of esters is 1. The van der Waals surface area contributed by atoms with Gasteiger partial charge in [0.05, 0.1) is 0 Å². The molecular weight excluding hydrogens is 306 g/mol. The second-order valence-electron chi connectivity index (χ2n) is 5.18. The number of carbonyl (C=O) groups is 3. The summed E-state index contributed by atoms with van der Waals surface area (Å²) < 4.78 is 4.90. The fourth-order valence-corrected chi connectivity index (χ4v) is 2.05. The standard InChI is InChI=1S/C19H19NO4/c1-2-14-8-10-15(11-9-14)17(21)13-24-18(22)12-20-19(23)16-6-4-3-5-7-16/h3-11H,2,12-13H2,1H3,(H,20,23). The van der Waals surface area contributed by atoms with Crippen LogP contribution < -0.4 is 5.32 Å². The van der Waals surface area contributed by atoms with Gasteiger partial charge in [0.15, 0.2) is 12.4 Å². The second kappa shape index (κ2) is 8.62. The summed E-state index contributed by atoms with van der Waals surface area (Å²) in [5.41, 5.74) is 2.08. The van der Waals surface area contributed by atoms with Gasteiger partial charge in [-0.25, -0.2) is 0 Å². The Morgan fingerprint density at radius 1 is 0.917 bits per heavy atom. The molecule has 0 aliphatic carbocycles. The summed E-state index contributed by atoms with van der Waals surface area (Å²) in [4.78, 5) is 35.4. The Hall–Kier alpha value is -2.95. The number of hydrogen-bond donors (Lipinski definition) is 1. The molecule has 1 amide bonds. The zero-order valence-corrected chi connectivity index (χ0v) is 13.5. The molecule has 0 spiro atoms. The van der Waals surface area contributed by atoms with E-state index >= 15 is 0 Å². The number of benzene rings is 2. The van der Waals surface area contributed by atoms with Crippen LogP contribution in [-0.4, -0.2) is 30.8 Å². The number of ether oxygens (including phenoxy) is 1. The molecule has 0 fully saturated rings. The molecule has 0 unspecified atom stereocenters. The van der Waals surface area contributed by atoms with E-state index in [4.69, 9.17) is 4.74 Å². The minimum atomic E-state index is -0.655. The average Bonchev–Trinajstić information content (AvgIpc) is 2.64. The number of amides is 1. The van der Waals surface area contributed by atoms with E-state index < -0.39 is 5.97 Å². The number of Topliss-reactive ketones (excluding diaryl/α,β-unsaturated/α-hetero) is 1. The third kappa shape index (κ3) is 5.05. The van der Waals surface area contributed by atoms with Crippen LogP contribution in [-0.2, 0) is 16.0 Å². The molecular formula is C19H19NO4. The molecule has 0 bridgehead atoms. The van der Waals surface area contributed by atoms with E-state index in [0.717, 1.165) is 12.0 Å². The predicted octanol–water partition coefficient (Wildman–Crippen LogP) is 2.40. The van der Waals surface area contributed by atoms with Gasteiger partial charge < -0.3 is 10.1 Å². The molecule has 0 aliphatic heterocycles. The average molecular weight is 325 g/mol. The fourth-order valence-electron chi connectivity index (χ4n) is 2.05. The van der Waals surface area contributed by atoms with Gasteiger partial charge in [-0.1, -0.05) is 49.4 Å². The van der Waals surface area contributed by atoms with Crippen LogP contribution in [0.5, 0.6) is 0 Å². The van der Waals surface area contributed by atoms with Gasteiger partial charge in [0.2, 0.25) is 0 Å². The minimum Gasteiger partial charge on any atom is -0.456 e. The van der Waals surface area contributed by atoms with Crippen LogP contribution in [0, 0.1) is 0 Å². The molecule has 2 rings (SSSR count). The van der Waals surface area contributed by atoms with Crippen molar-refractivity contribution in [2.24, 2.45) is 0 Å². The van der Waals surface area contributed by atoms with Gasteiger partial charge in [-0.15, -0.1) is 0 Å². The highest BCUT2D eigenvalue weighted by atomic mass is 16.5. The quantitative estimate of drug-likeness (QED) is 0.627. The molecule has 0 aliphatic rings. The molecule has 0 aromatic heterocycles. The van der Waals surface area contributed by atoms with Crippen LogP contribution in [0.3, 0.4) is 0 Å². The van der Waals surface area contributed by atoms with Gasteiger partial charge in [0.1, 0.15) is 6.54 Å². The molecule has 5 nitrogen and oxygen atoms in total. The number of aryl methyl sites for hydroxylation is 1. The lowest BCUT2D eigenvalue weighted by atomic mass is 10.1. The first kappa shape index (κ1) is 17.4. The van der Waals surface area contributed by atoms with E-state index in [9.17, 15) is 14.4 Å². The summed E-state index contributed by atoms with van der Waals surface area (Å²) in [5, 5.41) is 2.45. The number of hydrogen-bond acceptors (Lipinski definition) is 4. The lowest BCUT2D eigenvalue weighted by Gasteiger charge is -2.06. The second-order valence-corrected chi connectivity index (χ2v) is 5.18. The Bertz CT molecular complexity index is 708. The Kier molecular flexibility index (Phi) is 6.25. The molecule has 1 N–H and O–H groups in total. The summed E-state index contributed by atoms with van der Waals surface area (Å²) >= 11 is 0. The lowest BCUT2D eigenvalue weighted by Crippen LogP contribution is -2.31. The number of rotatable bonds is 7. The first-order valence-electron chi connectivity index (χ1n) is 7.71. The first-order chi connectivity index (χ1) is 11.6. The molecule has 0 heterocycles. The van der Waals surface area contributed by atoms with Crippen LogP contribution in [0.1, 0.15) is 33.2 Å². The highest BCUT2D eigenvalue weighted by Gasteiger charge is 2.11. The van der Waals surface area contributed by atoms with Crippen molar-refractivity contribution in [2.75, 3.05) is 13.2 Å². The van der Waals surface area contributed by atoms with Crippen molar-refractivity contribution in [1.29, 1.82) is 0 Å².